The molecule has 1 N–H and O–H groups in total. The normalized spacial score (nSPS) is 12.3. The molecule has 0 heterocycles. The van der Waals surface area contributed by atoms with Crippen molar-refractivity contribution in [2.24, 2.45) is 0 Å². The summed E-state index contributed by atoms with van der Waals surface area (Å²) in [6.07, 6.45) is 2.75. The predicted octanol–water partition coefficient (Wildman–Crippen LogP) is 3.05. The Bertz CT molecular complexity index is 883. The molecule has 158 valence electrons. The summed E-state index contributed by atoms with van der Waals surface area (Å²) >= 11 is 0. The van der Waals surface area contributed by atoms with Gasteiger partial charge in [-0.05, 0) is 49.6 Å². The first-order valence-electron chi connectivity index (χ1n) is 9.86. The quantitative estimate of drug-likeness (QED) is 0.603. The van der Waals surface area contributed by atoms with Gasteiger partial charge in [-0.2, -0.15) is 0 Å². The molecule has 6 nitrogen and oxygen atoms in total. The molecule has 0 aliphatic carbocycles. The summed E-state index contributed by atoms with van der Waals surface area (Å²) in [4.78, 5) is 14.7. The lowest BCUT2D eigenvalue weighted by molar-refractivity contribution is -0.121. The van der Waals surface area contributed by atoms with E-state index in [0.717, 1.165) is 36.9 Å². The number of aryl methyl sites for hydroxylation is 1. The van der Waals surface area contributed by atoms with Gasteiger partial charge in [0.25, 0.3) is 0 Å². The molecule has 0 saturated carbocycles. The molecule has 7 heteroatoms. The molecule has 0 aliphatic heterocycles. The standard InChI is InChI=1S/C22H31N3O3S/c1-5-19-12-14-21(15-13-19)25(29(4,27)28)18(2)22(26)23-16-9-17-24(3)20-10-7-6-8-11-20/h6-8,10-15,18H,5,9,16-17H2,1-4H3,(H,23,26)/t18-/m0/s1. The number of nitrogens with zero attached hydrogens (tertiary/aromatic N) is 2. The Morgan fingerprint density at radius 3 is 2.21 bits per heavy atom. The van der Waals surface area contributed by atoms with Crippen molar-refractivity contribution in [3.63, 3.8) is 0 Å². The Morgan fingerprint density at radius 2 is 1.66 bits per heavy atom. The summed E-state index contributed by atoms with van der Waals surface area (Å²) in [7, 11) is -1.59. The highest BCUT2D eigenvalue weighted by atomic mass is 32.2. The first-order chi connectivity index (χ1) is 13.7. The van der Waals surface area contributed by atoms with Gasteiger partial charge >= 0.3 is 0 Å². The Labute approximate surface area is 174 Å². The third-order valence-electron chi connectivity index (χ3n) is 4.85. The van der Waals surface area contributed by atoms with Gasteiger partial charge in [0, 0.05) is 25.8 Å². The van der Waals surface area contributed by atoms with Crippen molar-refractivity contribution in [1.82, 2.24) is 5.32 Å². The molecule has 29 heavy (non-hydrogen) atoms. The summed E-state index contributed by atoms with van der Waals surface area (Å²) in [6, 6.07) is 16.5. The fraction of sp³-hybridized carbons (Fsp3) is 0.409. The van der Waals surface area contributed by atoms with E-state index >= 15 is 0 Å². The molecule has 0 bridgehead atoms. The molecule has 1 amide bonds. The number of rotatable bonds is 10. The maximum atomic E-state index is 12.6. The van der Waals surface area contributed by atoms with Gasteiger partial charge in [0.1, 0.15) is 6.04 Å². The van der Waals surface area contributed by atoms with E-state index in [2.05, 4.69) is 10.2 Å². The van der Waals surface area contributed by atoms with Crippen LogP contribution in [0.5, 0.6) is 0 Å². The van der Waals surface area contributed by atoms with Gasteiger partial charge in [0.2, 0.25) is 15.9 Å². The SMILES string of the molecule is CCc1ccc(N([C@@H](C)C(=O)NCCCN(C)c2ccccc2)S(C)(=O)=O)cc1. The minimum absolute atomic E-state index is 0.308. The molecule has 0 unspecified atom stereocenters. The van der Waals surface area contributed by atoms with E-state index < -0.39 is 16.1 Å². The van der Waals surface area contributed by atoms with Crippen molar-refractivity contribution >= 4 is 27.3 Å². The summed E-state index contributed by atoms with van der Waals surface area (Å²) < 4.78 is 25.9. The van der Waals surface area contributed by atoms with Crippen LogP contribution in [0.1, 0.15) is 25.8 Å². The van der Waals surface area contributed by atoms with Gasteiger partial charge in [-0.25, -0.2) is 8.42 Å². The number of para-hydroxylation sites is 1. The highest BCUT2D eigenvalue weighted by Gasteiger charge is 2.28. The molecule has 0 aliphatic rings. The Kier molecular flexibility index (Phi) is 8.08. The maximum absolute atomic E-state index is 12.6. The number of carbonyl (C=O) groups is 1. The van der Waals surface area contributed by atoms with E-state index in [0.29, 0.717) is 12.2 Å². The number of hydrogen-bond acceptors (Lipinski definition) is 4. The summed E-state index contributed by atoms with van der Waals surface area (Å²) in [5.41, 5.74) is 2.73. The van der Waals surface area contributed by atoms with Crippen LogP contribution in [0.2, 0.25) is 0 Å². The Hall–Kier alpha value is -2.54. The minimum atomic E-state index is -3.60. The van der Waals surface area contributed by atoms with Crippen LogP contribution in [-0.2, 0) is 21.2 Å². The van der Waals surface area contributed by atoms with Crippen LogP contribution in [0.25, 0.3) is 0 Å². The molecule has 0 fully saturated rings. The maximum Gasteiger partial charge on any atom is 0.243 e. The summed E-state index contributed by atoms with van der Waals surface area (Å²) in [5.74, 6) is -0.308. The van der Waals surface area contributed by atoms with Crippen LogP contribution in [0.3, 0.4) is 0 Å². The summed E-state index contributed by atoms with van der Waals surface area (Å²) in [5, 5.41) is 2.86. The van der Waals surface area contributed by atoms with Gasteiger partial charge in [0.15, 0.2) is 0 Å². The molecular weight excluding hydrogens is 386 g/mol. The van der Waals surface area contributed by atoms with Crippen LogP contribution < -0.4 is 14.5 Å². The first kappa shape index (κ1) is 22.7. The number of anilines is 2. The zero-order valence-corrected chi connectivity index (χ0v) is 18.4. The average Bonchev–Trinajstić information content (AvgIpc) is 2.71. The van der Waals surface area contributed by atoms with Crippen LogP contribution in [0.4, 0.5) is 11.4 Å². The number of carbonyl (C=O) groups excluding carboxylic acids is 1. The third kappa shape index (κ3) is 6.49. The lowest BCUT2D eigenvalue weighted by Gasteiger charge is -2.28. The predicted molar refractivity (Wildman–Crippen MR) is 120 cm³/mol. The van der Waals surface area contributed by atoms with Crippen LogP contribution in [-0.4, -0.2) is 46.8 Å². The number of nitrogens with one attached hydrogen (secondary N) is 1. The van der Waals surface area contributed by atoms with E-state index in [1.54, 1.807) is 19.1 Å². The van der Waals surface area contributed by atoms with Crippen molar-refractivity contribution in [1.29, 1.82) is 0 Å². The van der Waals surface area contributed by atoms with E-state index in [4.69, 9.17) is 0 Å². The molecule has 0 spiro atoms. The van der Waals surface area contributed by atoms with E-state index in [9.17, 15) is 13.2 Å². The number of hydrogen-bond donors (Lipinski definition) is 1. The molecule has 0 aromatic heterocycles. The molecule has 0 radical (unpaired) electrons. The van der Waals surface area contributed by atoms with Gasteiger partial charge in [0.05, 0.1) is 11.9 Å². The molecule has 1 atom stereocenters. The molecule has 2 aromatic carbocycles. The largest absolute Gasteiger partial charge is 0.375 e. The summed E-state index contributed by atoms with van der Waals surface area (Å²) in [6.45, 7) is 4.91. The fourth-order valence-electron chi connectivity index (χ4n) is 3.17. The first-order valence-corrected chi connectivity index (χ1v) is 11.7. The van der Waals surface area contributed by atoms with E-state index in [1.165, 1.54) is 4.31 Å². The minimum Gasteiger partial charge on any atom is -0.375 e. The van der Waals surface area contributed by atoms with Gasteiger partial charge in [-0.15, -0.1) is 0 Å². The topological polar surface area (TPSA) is 69.7 Å². The lowest BCUT2D eigenvalue weighted by Crippen LogP contribution is -2.48. The number of sulfonamides is 1. The molecule has 2 rings (SSSR count). The van der Waals surface area contributed by atoms with Crippen molar-refractivity contribution in [2.75, 3.05) is 35.6 Å². The van der Waals surface area contributed by atoms with Gasteiger partial charge in [-0.3, -0.25) is 9.10 Å². The number of benzene rings is 2. The van der Waals surface area contributed by atoms with Crippen molar-refractivity contribution in [3.05, 3.63) is 60.2 Å². The third-order valence-corrected chi connectivity index (χ3v) is 6.10. The second-order valence-corrected chi connectivity index (χ2v) is 9.02. The van der Waals surface area contributed by atoms with Crippen LogP contribution in [0, 0.1) is 0 Å². The van der Waals surface area contributed by atoms with Gasteiger partial charge in [-0.1, -0.05) is 37.3 Å². The van der Waals surface area contributed by atoms with Gasteiger partial charge < -0.3 is 10.2 Å². The lowest BCUT2D eigenvalue weighted by atomic mass is 10.1. The van der Waals surface area contributed by atoms with Crippen LogP contribution in [0.15, 0.2) is 54.6 Å². The van der Waals surface area contributed by atoms with Crippen LogP contribution >= 0.6 is 0 Å². The zero-order chi connectivity index (χ0) is 21.4. The molecular formula is C22H31N3O3S. The zero-order valence-electron chi connectivity index (χ0n) is 17.6. The van der Waals surface area contributed by atoms with Crippen molar-refractivity contribution in [2.45, 2.75) is 32.7 Å². The second-order valence-electron chi connectivity index (χ2n) is 7.16. The smallest absolute Gasteiger partial charge is 0.243 e. The molecule has 2 aromatic rings. The van der Waals surface area contributed by atoms with Crippen molar-refractivity contribution < 1.29 is 13.2 Å². The van der Waals surface area contributed by atoms with E-state index in [-0.39, 0.29) is 5.91 Å². The fourth-order valence-corrected chi connectivity index (χ4v) is 4.35. The van der Waals surface area contributed by atoms with Crippen molar-refractivity contribution in [3.8, 4) is 0 Å². The van der Waals surface area contributed by atoms with E-state index in [1.807, 2.05) is 56.4 Å². The monoisotopic (exact) mass is 417 g/mol. The Balaban J connectivity index is 1.94. The highest BCUT2D eigenvalue weighted by molar-refractivity contribution is 7.92. The number of amides is 1. The second kappa shape index (κ2) is 10.3. The highest BCUT2D eigenvalue weighted by Crippen LogP contribution is 2.21. The molecule has 0 saturated heterocycles. The average molecular weight is 418 g/mol. The Morgan fingerprint density at radius 1 is 1.03 bits per heavy atom.